The van der Waals surface area contributed by atoms with Crippen LogP contribution in [0.15, 0.2) is 60.7 Å². The zero-order valence-corrected chi connectivity index (χ0v) is 15.9. The number of rotatable bonds is 8. The first-order valence-corrected chi connectivity index (χ1v) is 9.32. The molecule has 2 aromatic rings. The van der Waals surface area contributed by atoms with Gasteiger partial charge in [0.1, 0.15) is 0 Å². The first-order valence-electron chi connectivity index (χ1n) is 8.27. The van der Waals surface area contributed by atoms with Gasteiger partial charge in [0.05, 0.1) is 18.9 Å². The van der Waals surface area contributed by atoms with E-state index in [2.05, 4.69) is 10.1 Å². The number of nitrogens with one attached hydrogen (secondary N) is 1. The van der Waals surface area contributed by atoms with Crippen molar-refractivity contribution in [3.63, 3.8) is 0 Å². The third-order valence-corrected chi connectivity index (χ3v) is 4.64. The molecule has 0 spiro atoms. The van der Waals surface area contributed by atoms with Crippen LogP contribution in [-0.2, 0) is 23.9 Å². The maximum absolute atomic E-state index is 12.8. The number of ether oxygens (including phenoxy) is 2. The minimum atomic E-state index is -1.16. The lowest BCUT2D eigenvalue weighted by Crippen LogP contribution is -2.38. The van der Waals surface area contributed by atoms with Gasteiger partial charge >= 0.3 is 11.9 Å². The molecule has 27 heavy (non-hydrogen) atoms. The van der Waals surface area contributed by atoms with Crippen LogP contribution < -0.4 is 5.32 Å². The van der Waals surface area contributed by atoms with Crippen LogP contribution in [0.3, 0.4) is 0 Å². The Morgan fingerprint density at radius 3 is 1.93 bits per heavy atom. The van der Waals surface area contributed by atoms with Crippen molar-refractivity contribution in [2.75, 3.05) is 12.9 Å². The molecule has 142 valence electrons. The Bertz CT molecular complexity index is 727. The number of amides is 1. The predicted octanol–water partition coefficient (Wildman–Crippen LogP) is 2.69. The van der Waals surface area contributed by atoms with Gasteiger partial charge in [-0.25, -0.2) is 0 Å². The van der Waals surface area contributed by atoms with Crippen molar-refractivity contribution in [3.05, 3.63) is 71.8 Å². The second kappa shape index (κ2) is 10.4. The van der Waals surface area contributed by atoms with E-state index in [9.17, 15) is 14.4 Å². The summed E-state index contributed by atoms with van der Waals surface area (Å²) in [4.78, 5) is 35.5. The Labute approximate surface area is 162 Å². The van der Waals surface area contributed by atoms with Crippen LogP contribution in [0.5, 0.6) is 0 Å². The summed E-state index contributed by atoms with van der Waals surface area (Å²) < 4.78 is 9.66. The van der Waals surface area contributed by atoms with Gasteiger partial charge in [-0.3, -0.25) is 14.4 Å². The van der Waals surface area contributed by atoms with E-state index in [1.165, 1.54) is 14.0 Å². The van der Waals surface area contributed by atoms with Gasteiger partial charge in [-0.15, -0.1) is 0 Å². The fourth-order valence-electron chi connectivity index (χ4n) is 2.38. The number of benzene rings is 2. The summed E-state index contributed by atoms with van der Waals surface area (Å²) in [5.74, 6) is -1.73. The maximum Gasteiger partial charge on any atom is 0.315 e. The van der Waals surface area contributed by atoms with E-state index < -0.39 is 29.3 Å². The molecule has 1 amide bonds. The van der Waals surface area contributed by atoms with E-state index in [1.807, 2.05) is 60.7 Å². The first kappa shape index (κ1) is 20.5. The Kier molecular flexibility index (Phi) is 7.88. The van der Waals surface area contributed by atoms with Crippen LogP contribution in [0, 0.1) is 0 Å². The van der Waals surface area contributed by atoms with Gasteiger partial charge in [0.15, 0.2) is 0 Å². The highest BCUT2D eigenvalue weighted by Crippen LogP contribution is 2.23. The molecule has 2 rings (SSSR count). The Morgan fingerprint density at radius 1 is 0.963 bits per heavy atom. The standard InChI is InChI=1S/C20H21NO5S/c1-14(22)26-20(27-13-17(23)25-2)19(24)21-18(15-9-5-3-6-10-15)16-11-7-4-8-12-16/h3-12,18,20H,13H2,1-2H3,(H,21,24)/t20-/m1/s1. The van der Waals surface area contributed by atoms with Crippen molar-refractivity contribution in [1.82, 2.24) is 5.32 Å². The van der Waals surface area contributed by atoms with Crippen molar-refractivity contribution in [2.24, 2.45) is 0 Å². The summed E-state index contributed by atoms with van der Waals surface area (Å²) in [5, 5.41) is 2.91. The molecular weight excluding hydrogens is 366 g/mol. The molecule has 0 heterocycles. The number of carbonyl (C=O) groups is 3. The Morgan fingerprint density at radius 2 is 1.48 bits per heavy atom. The van der Waals surface area contributed by atoms with Crippen LogP contribution in [0.1, 0.15) is 24.1 Å². The number of hydrogen-bond acceptors (Lipinski definition) is 6. The van der Waals surface area contributed by atoms with E-state index >= 15 is 0 Å². The van der Waals surface area contributed by atoms with E-state index in [4.69, 9.17) is 4.74 Å². The SMILES string of the molecule is COC(=O)CS[C@@H](OC(C)=O)C(=O)NC(c1ccccc1)c1ccccc1. The molecule has 0 bridgehead atoms. The van der Waals surface area contributed by atoms with Gasteiger partial charge in [-0.1, -0.05) is 72.4 Å². The average Bonchev–Trinajstić information content (AvgIpc) is 2.69. The topological polar surface area (TPSA) is 81.7 Å². The summed E-state index contributed by atoms with van der Waals surface area (Å²) >= 11 is 0.893. The van der Waals surface area contributed by atoms with Gasteiger partial charge in [-0.05, 0) is 11.1 Å². The fraction of sp³-hybridized carbons (Fsp3) is 0.250. The summed E-state index contributed by atoms with van der Waals surface area (Å²) in [7, 11) is 1.25. The zero-order chi connectivity index (χ0) is 19.6. The number of hydrogen-bond donors (Lipinski definition) is 1. The van der Waals surface area contributed by atoms with Crippen molar-refractivity contribution < 1.29 is 23.9 Å². The minimum absolute atomic E-state index is 0.108. The van der Waals surface area contributed by atoms with E-state index in [-0.39, 0.29) is 5.75 Å². The van der Waals surface area contributed by atoms with E-state index in [1.54, 1.807) is 0 Å². The van der Waals surface area contributed by atoms with E-state index in [0.717, 1.165) is 22.9 Å². The molecule has 0 radical (unpaired) electrons. The summed E-state index contributed by atoms with van der Waals surface area (Å²) in [5.41, 5.74) is 0.615. The molecule has 6 nitrogen and oxygen atoms in total. The molecule has 1 N–H and O–H groups in total. The molecule has 7 heteroatoms. The molecule has 0 saturated carbocycles. The molecule has 0 unspecified atom stereocenters. The van der Waals surface area contributed by atoms with Crippen LogP contribution in [0.4, 0.5) is 0 Å². The molecule has 0 aromatic heterocycles. The molecule has 0 aliphatic carbocycles. The quantitative estimate of drug-likeness (QED) is 0.554. The van der Waals surface area contributed by atoms with Crippen LogP contribution in [0.25, 0.3) is 0 Å². The van der Waals surface area contributed by atoms with Crippen LogP contribution in [0.2, 0.25) is 0 Å². The van der Waals surface area contributed by atoms with Gasteiger partial charge in [-0.2, -0.15) is 0 Å². The van der Waals surface area contributed by atoms with Crippen molar-refractivity contribution in [3.8, 4) is 0 Å². The van der Waals surface area contributed by atoms with Gasteiger partial charge in [0.2, 0.25) is 5.44 Å². The number of methoxy groups -OCH3 is 1. The fourth-order valence-corrected chi connectivity index (χ4v) is 3.21. The Hall–Kier alpha value is -2.80. The predicted molar refractivity (Wildman–Crippen MR) is 103 cm³/mol. The lowest BCUT2D eigenvalue weighted by atomic mass is 9.99. The lowest BCUT2D eigenvalue weighted by molar-refractivity contribution is -0.148. The summed E-state index contributed by atoms with van der Waals surface area (Å²) in [6.07, 6.45) is 0. The van der Waals surface area contributed by atoms with Crippen LogP contribution >= 0.6 is 11.8 Å². The highest BCUT2D eigenvalue weighted by Gasteiger charge is 2.27. The largest absolute Gasteiger partial charge is 0.468 e. The summed E-state index contributed by atoms with van der Waals surface area (Å²) in [6, 6.07) is 18.5. The molecule has 0 aliphatic heterocycles. The molecular formula is C20H21NO5S. The molecule has 0 fully saturated rings. The summed E-state index contributed by atoms with van der Waals surface area (Å²) in [6.45, 7) is 1.21. The average molecular weight is 387 g/mol. The molecule has 2 aromatic carbocycles. The van der Waals surface area contributed by atoms with Crippen LogP contribution in [-0.4, -0.2) is 36.1 Å². The lowest BCUT2D eigenvalue weighted by Gasteiger charge is -2.23. The second-order valence-electron chi connectivity index (χ2n) is 5.59. The van der Waals surface area contributed by atoms with Crippen molar-refractivity contribution in [1.29, 1.82) is 0 Å². The van der Waals surface area contributed by atoms with Gasteiger partial charge in [0, 0.05) is 6.92 Å². The minimum Gasteiger partial charge on any atom is -0.468 e. The number of carbonyl (C=O) groups excluding carboxylic acids is 3. The van der Waals surface area contributed by atoms with Gasteiger partial charge in [0.25, 0.3) is 5.91 Å². The number of esters is 2. The second-order valence-corrected chi connectivity index (χ2v) is 6.64. The normalized spacial score (nSPS) is 11.5. The van der Waals surface area contributed by atoms with Gasteiger partial charge < -0.3 is 14.8 Å². The highest BCUT2D eigenvalue weighted by atomic mass is 32.2. The molecule has 1 atom stereocenters. The Balaban J connectivity index is 2.21. The highest BCUT2D eigenvalue weighted by molar-refractivity contribution is 8.01. The smallest absolute Gasteiger partial charge is 0.315 e. The van der Waals surface area contributed by atoms with Crippen molar-refractivity contribution in [2.45, 2.75) is 18.4 Å². The third kappa shape index (κ3) is 6.45. The first-order chi connectivity index (χ1) is 13.0. The number of thioether (sulfide) groups is 1. The maximum atomic E-state index is 12.8. The van der Waals surface area contributed by atoms with Crippen molar-refractivity contribution >= 4 is 29.6 Å². The third-order valence-electron chi connectivity index (χ3n) is 3.62. The molecule has 0 aliphatic rings. The zero-order valence-electron chi connectivity index (χ0n) is 15.1. The van der Waals surface area contributed by atoms with E-state index in [0.29, 0.717) is 0 Å². The monoisotopic (exact) mass is 387 g/mol. The molecule has 0 saturated heterocycles.